The van der Waals surface area contributed by atoms with E-state index in [9.17, 15) is 51.9 Å². The van der Waals surface area contributed by atoms with Crippen LogP contribution in [0, 0.1) is 17.2 Å². The summed E-state index contributed by atoms with van der Waals surface area (Å²) in [7, 11) is -10.6. The van der Waals surface area contributed by atoms with Gasteiger partial charge in [-0.15, -0.1) is 0 Å². The number of hydrogen-bond acceptors (Lipinski definition) is 17. The standard InChI is InChI=1S/C23H27F3N8O14P2/c24-23(25,26)13-17(48-50(41,42)45-6-10-15(36)16(37)21(46-10)33-4-2-12(35)32-22(33)38)11(7-44-49(39,40)43-5-1-3-27)47-20(13)34-9-31-14-18(28)29-8-30-19(14)34/h2,4,8-11,13,15-17,20-21,36-37H,1,5-7H2,(H,39,40)(H,41,42)(H2,28,29,30)(H,32,35,38)/t10-,11-,13?,15?,16?,17?,20-,21-/m1/s1. The van der Waals surface area contributed by atoms with Gasteiger partial charge in [0.05, 0.1) is 38.6 Å². The first-order chi connectivity index (χ1) is 23.4. The lowest BCUT2D eigenvalue weighted by molar-refractivity contribution is -0.209. The number of rotatable bonds is 13. The summed E-state index contributed by atoms with van der Waals surface area (Å²) in [4.78, 5) is 57.4. The Bertz CT molecular complexity index is 1950. The van der Waals surface area contributed by atoms with Crippen molar-refractivity contribution in [1.82, 2.24) is 29.1 Å². The number of alkyl halides is 3. The highest BCUT2D eigenvalue weighted by molar-refractivity contribution is 7.47. The first-order valence-corrected chi connectivity index (χ1v) is 17.0. The van der Waals surface area contributed by atoms with Crippen molar-refractivity contribution in [3.63, 3.8) is 0 Å². The quantitative estimate of drug-likeness (QED) is 0.0918. The lowest BCUT2D eigenvalue weighted by atomic mass is 9.99. The minimum atomic E-state index is -5.63. The zero-order valence-corrected chi connectivity index (χ0v) is 26.7. The maximum absolute atomic E-state index is 14.8. The Balaban J connectivity index is 1.39. The van der Waals surface area contributed by atoms with E-state index in [1.54, 1.807) is 6.07 Å². The predicted octanol–water partition coefficient (Wildman–Crippen LogP) is -0.797. The fourth-order valence-corrected chi connectivity index (χ4v) is 6.84. The third-order valence-corrected chi connectivity index (χ3v) is 9.34. The summed E-state index contributed by atoms with van der Waals surface area (Å²) in [6, 6.07) is 2.54. The van der Waals surface area contributed by atoms with Crippen molar-refractivity contribution in [2.24, 2.45) is 5.92 Å². The van der Waals surface area contributed by atoms with E-state index >= 15 is 0 Å². The van der Waals surface area contributed by atoms with Gasteiger partial charge in [-0.05, 0) is 0 Å². The molecule has 0 bridgehead atoms. The number of H-pyrrole nitrogens is 1. The number of aromatic nitrogens is 6. The van der Waals surface area contributed by atoms with Gasteiger partial charge in [0.15, 0.2) is 23.9 Å². The fraction of sp³-hybridized carbons (Fsp3) is 0.565. The number of aliphatic hydroxyl groups is 2. The van der Waals surface area contributed by atoms with Gasteiger partial charge in [0.2, 0.25) is 0 Å². The minimum Gasteiger partial charge on any atom is -0.387 e. The average Bonchev–Trinajstić information content (AvgIpc) is 3.69. The summed E-state index contributed by atoms with van der Waals surface area (Å²) in [5.41, 5.74) is 3.53. The molecule has 274 valence electrons. The Morgan fingerprint density at radius 2 is 1.68 bits per heavy atom. The van der Waals surface area contributed by atoms with Crippen LogP contribution in [0.4, 0.5) is 19.0 Å². The molecule has 0 aromatic carbocycles. The van der Waals surface area contributed by atoms with Crippen LogP contribution in [0.15, 0.2) is 34.5 Å². The van der Waals surface area contributed by atoms with Gasteiger partial charge in [-0.1, -0.05) is 0 Å². The zero-order valence-electron chi connectivity index (χ0n) is 24.9. The molecule has 7 N–H and O–H groups in total. The van der Waals surface area contributed by atoms with Gasteiger partial charge in [0, 0.05) is 12.3 Å². The summed E-state index contributed by atoms with van der Waals surface area (Å²) < 4.78 is 101. The smallest absolute Gasteiger partial charge is 0.387 e. The minimum absolute atomic E-state index is 0.129. The van der Waals surface area contributed by atoms with Gasteiger partial charge in [-0.25, -0.2) is 28.9 Å². The molecular formula is C23H27F3N8O14P2. The number of imidazole rings is 1. The van der Waals surface area contributed by atoms with E-state index in [1.165, 1.54) is 0 Å². The number of halogens is 3. The Kier molecular flexibility index (Phi) is 10.9. The van der Waals surface area contributed by atoms with E-state index in [0.29, 0.717) is 4.57 Å². The normalized spacial score (nSPS) is 29.5. The van der Waals surface area contributed by atoms with Crippen LogP contribution in [0.5, 0.6) is 0 Å². The van der Waals surface area contributed by atoms with E-state index < -0.39 is 102 Å². The van der Waals surface area contributed by atoms with Crippen LogP contribution in [0.1, 0.15) is 18.9 Å². The Morgan fingerprint density at radius 1 is 1.00 bits per heavy atom. The molecule has 0 spiro atoms. The SMILES string of the molecule is N#CCCOP(=O)(O)OC[C@H]1O[C@@H](n2cnc3c(N)ncnc32)C(C(F)(F)F)C1OP(=O)(O)OC[C@H]1O[C@@H](n2ccc(=O)[nH]c2=O)C(O)C1O. The number of aromatic amines is 1. The van der Waals surface area contributed by atoms with E-state index in [4.69, 9.17) is 34.0 Å². The number of phosphoric acid groups is 2. The molecule has 27 heteroatoms. The summed E-state index contributed by atoms with van der Waals surface area (Å²) in [6.07, 6.45) is -16.7. The Hall–Kier alpha value is -3.63. The molecule has 22 nitrogen and oxygen atoms in total. The average molecular weight is 758 g/mol. The fourth-order valence-electron chi connectivity index (χ4n) is 5.13. The second-order valence-corrected chi connectivity index (χ2v) is 13.5. The van der Waals surface area contributed by atoms with Crippen LogP contribution in [0.3, 0.4) is 0 Å². The second kappa shape index (κ2) is 14.5. The van der Waals surface area contributed by atoms with Crippen molar-refractivity contribution in [1.29, 1.82) is 5.26 Å². The number of ether oxygens (including phenoxy) is 2. The Morgan fingerprint density at radius 3 is 2.36 bits per heavy atom. The highest BCUT2D eigenvalue weighted by atomic mass is 31.2. The first-order valence-electron chi connectivity index (χ1n) is 14.1. The number of hydrogen-bond donors (Lipinski definition) is 6. The van der Waals surface area contributed by atoms with Crippen molar-refractivity contribution >= 4 is 32.6 Å². The molecule has 5 rings (SSSR count). The number of nitrogens with zero attached hydrogens (tertiary/aromatic N) is 6. The molecule has 0 radical (unpaired) electrons. The van der Waals surface area contributed by atoms with Gasteiger partial charge in [0.25, 0.3) is 5.56 Å². The Labute approximate surface area is 276 Å². The molecule has 50 heavy (non-hydrogen) atoms. The molecule has 3 aromatic heterocycles. The number of fused-ring (bicyclic) bond motifs is 1. The number of nitriles is 1. The molecule has 0 amide bonds. The topological polar surface area (TPSA) is 319 Å². The third-order valence-electron chi connectivity index (χ3n) is 7.37. The summed E-state index contributed by atoms with van der Waals surface area (Å²) >= 11 is 0. The molecule has 3 aromatic rings. The van der Waals surface area contributed by atoms with Gasteiger partial charge in [0.1, 0.15) is 48.3 Å². The molecule has 0 aliphatic carbocycles. The molecular weight excluding hydrogens is 731 g/mol. The van der Waals surface area contributed by atoms with Gasteiger partial charge >= 0.3 is 27.5 Å². The van der Waals surface area contributed by atoms with Gasteiger partial charge < -0.3 is 35.2 Å². The molecule has 2 fully saturated rings. The van der Waals surface area contributed by atoms with Crippen LogP contribution < -0.4 is 17.0 Å². The number of nitrogens with one attached hydrogen (secondary N) is 1. The van der Waals surface area contributed by atoms with E-state index in [-0.39, 0.29) is 23.4 Å². The second-order valence-electron chi connectivity index (χ2n) is 10.6. The maximum atomic E-state index is 14.8. The largest absolute Gasteiger partial charge is 0.472 e. The summed E-state index contributed by atoms with van der Waals surface area (Å²) in [5.74, 6) is -3.06. The van der Waals surface area contributed by atoms with E-state index in [1.807, 2.05) is 4.98 Å². The number of nitrogen functional groups attached to an aromatic ring is 1. The van der Waals surface area contributed by atoms with E-state index in [0.717, 1.165) is 29.5 Å². The highest BCUT2D eigenvalue weighted by Gasteiger charge is 2.61. The molecule has 10 atom stereocenters. The van der Waals surface area contributed by atoms with Crippen LogP contribution in [0.2, 0.25) is 0 Å². The van der Waals surface area contributed by atoms with Crippen molar-refractivity contribution < 1.29 is 69.9 Å². The van der Waals surface area contributed by atoms with Gasteiger partial charge in [-0.3, -0.25) is 37.0 Å². The molecule has 0 saturated carbocycles. The number of nitrogens with two attached hydrogens (primary N) is 1. The molecule has 2 aliphatic rings. The molecule has 6 unspecified atom stereocenters. The van der Waals surface area contributed by atoms with Crippen molar-refractivity contribution in [2.45, 2.75) is 55.6 Å². The first kappa shape index (κ1) is 37.6. The van der Waals surface area contributed by atoms with Crippen molar-refractivity contribution in [3.8, 4) is 6.07 Å². The summed E-state index contributed by atoms with van der Waals surface area (Å²) in [6.45, 7) is -2.90. The van der Waals surface area contributed by atoms with Crippen molar-refractivity contribution in [3.05, 3.63) is 45.8 Å². The van der Waals surface area contributed by atoms with E-state index in [2.05, 4.69) is 19.5 Å². The van der Waals surface area contributed by atoms with Crippen molar-refractivity contribution in [2.75, 3.05) is 25.6 Å². The lowest BCUT2D eigenvalue weighted by Crippen LogP contribution is -2.40. The number of anilines is 1. The zero-order chi connectivity index (χ0) is 36.6. The molecule has 2 aliphatic heterocycles. The monoisotopic (exact) mass is 758 g/mol. The summed E-state index contributed by atoms with van der Waals surface area (Å²) in [5, 5.41) is 29.5. The highest BCUT2D eigenvalue weighted by Crippen LogP contribution is 2.55. The van der Waals surface area contributed by atoms with Crippen LogP contribution in [-0.2, 0) is 36.7 Å². The van der Waals surface area contributed by atoms with Crippen LogP contribution in [-0.4, -0.2) is 106 Å². The molecule has 5 heterocycles. The third kappa shape index (κ3) is 8.12. The van der Waals surface area contributed by atoms with Crippen LogP contribution in [0.25, 0.3) is 11.2 Å². The van der Waals surface area contributed by atoms with Crippen LogP contribution >= 0.6 is 15.6 Å². The lowest BCUT2D eigenvalue weighted by Gasteiger charge is -2.28. The maximum Gasteiger partial charge on any atom is 0.472 e. The molecule has 2 saturated heterocycles. The predicted molar refractivity (Wildman–Crippen MR) is 153 cm³/mol. The van der Waals surface area contributed by atoms with Gasteiger partial charge in [-0.2, -0.15) is 18.4 Å². The number of phosphoric ester groups is 2. The number of aliphatic hydroxyl groups excluding tert-OH is 2.